The molecule has 0 fully saturated rings. The van der Waals surface area contributed by atoms with Gasteiger partial charge in [0.25, 0.3) is 0 Å². The summed E-state index contributed by atoms with van der Waals surface area (Å²) in [5, 5.41) is -0.00870. The van der Waals surface area contributed by atoms with Gasteiger partial charge in [-0.1, -0.05) is 19.1 Å². The van der Waals surface area contributed by atoms with E-state index in [0.29, 0.717) is 5.75 Å². The maximum absolute atomic E-state index is 12.6. The highest BCUT2D eigenvalue weighted by Crippen LogP contribution is 2.19. The Morgan fingerprint density at radius 3 is 2.38 bits per heavy atom. The molecule has 13 heavy (non-hydrogen) atoms. The van der Waals surface area contributed by atoms with Gasteiger partial charge in [-0.15, -0.1) is 0 Å². The van der Waals surface area contributed by atoms with Crippen LogP contribution in [0.5, 0.6) is 0 Å². The predicted molar refractivity (Wildman–Crippen MR) is 53.5 cm³/mol. The van der Waals surface area contributed by atoms with Crippen LogP contribution in [0.1, 0.15) is 24.7 Å². The molecule has 0 spiro atoms. The van der Waals surface area contributed by atoms with Crippen molar-refractivity contribution in [1.29, 1.82) is 0 Å². The summed E-state index contributed by atoms with van der Waals surface area (Å²) in [7, 11) is -0.852. The van der Waals surface area contributed by atoms with Crippen molar-refractivity contribution in [1.82, 2.24) is 0 Å². The van der Waals surface area contributed by atoms with Gasteiger partial charge in [0, 0.05) is 16.6 Å². The third kappa shape index (κ3) is 2.62. The molecule has 2 unspecified atom stereocenters. The van der Waals surface area contributed by atoms with Crippen molar-refractivity contribution in [3.8, 4) is 0 Å². The van der Waals surface area contributed by atoms with Crippen LogP contribution in [0, 0.1) is 5.82 Å². The minimum Gasteiger partial charge on any atom is -0.259 e. The first kappa shape index (κ1) is 10.4. The Morgan fingerprint density at radius 2 is 1.92 bits per heavy atom. The Bertz CT molecular complexity index is 294. The molecule has 0 radical (unpaired) electrons. The first-order valence-corrected chi connectivity index (χ1v) is 5.66. The van der Waals surface area contributed by atoms with Gasteiger partial charge >= 0.3 is 0 Å². The molecule has 1 rings (SSSR count). The van der Waals surface area contributed by atoms with Gasteiger partial charge < -0.3 is 0 Å². The topological polar surface area (TPSA) is 17.1 Å². The maximum Gasteiger partial charge on any atom is 0.123 e. The molecular weight excluding hydrogens is 187 g/mol. The molecule has 0 bridgehead atoms. The van der Waals surface area contributed by atoms with E-state index < -0.39 is 10.8 Å². The third-order valence-corrected chi connectivity index (χ3v) is 3.65. The highest BCUT2D eigenvalue weighted by Gasteiger charge is 2.10. The monoisotopic (exact) mass is 200 g/mol. The fourth-order valence-corrected chi connectivity index (χ4v) is 2.10. The molecule has 0 N–H and O–H groups in total. The van der Waals surface area contributed by atoms with E-state index in [4.69, 9.17) is 0 Å². The number of hydrogen-bond donors (Lipinski definition) is 0. The molecule has 1 aromatic rings. The van der Waals surface area contributed by atoms with Crippen LogP contribution >= 0.6 is 0 Å². The van der Waals surface area contributed by atoms with Crippen molar-refractivity contribution >= 4 is 10.8 Å². The second kappa shape index (κ2) is 4.51. The average molecular weight is 200 g/mol. The maximum atomic E-state index is 12.6. The van der Waals surface area contributed by atoms with Crippen molar-refractivity contribution in [2.24, 2.45) is 0 Å². The molecule has 0 aromatic heterocycles. The fraction of sp³-hybridized carbons (Fsp3) is 0.400. The van der Waals surface area contributed by atoms with E-state index in [2.05, 4.69) is 0 Å². The Balaban J connectivity index is 2.83. The minimum absolute atomic E-state index is 0.00870. The van der Waals surface area contributed by atoms with Crippen LogP contribution in [0.15, 0.2) is 24.3 Å². The van der Waals surface area contributed by atoms with E-state index in [-0.39, 0.29) is 11.1 Å². The predicted octanol–water partition coefficient (Wildman–Crippen LogP) is 2.66. The number of halogens is 1. The van der Waals surface area contributed by atoms with Crippen molar-refractivity contribution < 1.29 is 8.60 Å². The van der Waals surface area contributed by atoms with Gasteiger partial charge in [0.15, 0.2) is 0 Å². The lowest BCUT2D eigenvalue weighted by atomic mass is 10.2. The fourth-order valence-electron chi connectivity index (χ4n) is 1.14. The van der Waals surface area contributed by atoms with Crippen LogP contribution in [0.4, 0.5) is 4.39 Å². The van der Waals surface area contributed by atoms with Crippen molar-refractivity contribution in [3.05, 3.63) is 35.6 Å². The molecule has 2 atom stereocenters. The van der Waals surface area contributed by atoms with Crippen LogP contribution in [-0.4, -0.2) is 9.96 Å². The molecule has 0 aliphatic rings. The summed E-state index contributed by atoms with van der Waals surface area (Å²) in [5.74, 6) is 0.386. The quantitative estimate of drug-likeness (QED) is 0.733. The van der Waals surface area contributed by atoms with Crippen molar-refractivity contribution in [2.45, 2.75) is 19.1 Å². The molecule has 3 heteroatoms. The molecule has 0 amide bonds. The molecule has 1 aromatic carbocycles. The molecule has 1 nitrogen and oxygen atoms in total. The van der Waals surface area contributed by atoms with Gasteiger partial charge in [0.2, 0.25) is 0 Å². The normalized spacial score (nSPS) is 15.3. The molecule has 72 valence electrons. The Kier molecular flexibility index (Phi) is 3.60. The van der Waals surface area contributed by atoms with E-state index in [0.717, 1.165) is 5.56 Å². The number of rotatable bonds is 3. The van der Waals surface area contributed by atoms with Crippen molar-refractivity contribution in [3.63, 3.8) is 0 Å². The molecule has 0 heterocycles. The first-order valence-electron chi connectivity index (χ1n) is 4.27. The molecule has 0 saturated carbocycles. The summed E-state index contributed by atoms with van der Waals surface area (Å²) >= 11 is 0. The Hall–Kier alpha value is -0.700. The van der Waals surface area contributed by atoms with E-state index in [1.807, 2.05) is 13.8 Å². The van der Waals surface area contributed by atoms with E-state index in [1.54, 1.807) is 12.1 Å². The van der Waals surface area contributed by atoms with Gasteiger partial charge in [0.05, 0.1) is 5.25 Å². The Labute approximate surface area is 80.4 Å². The van der Waals surface area contributed by atoms with Crippen LogP contribution < -0.4 is 0 Å². The van der Waals surface area contributed by atoms with E-state index in [1.165, 1.54) is 12.1 Å². The molecule has 0 aliphatic carbocycles. The zero-order valence-corrected chi connectivity index (χ0v) is 8.60. The van der Waals surface area contributed by atoms with Gasteiger partial charge in [-0.2, -0.15) is 0 Å². The second-order valence-electron chi connectivity index (χ2n) is 2.86. The third-order valence-electron chi connectivity index (χ3n) is 2.02. The lowest BCUT2D eigenvalue weighted by Crippen LogP contribution is -2.04. The highest BCUT2D eigenvalue weighted by atomic mass is 32.2. The van der Waals surface area contributed by atoms with Gasteiger partial charge in [0.1, 0.15) is 5.82 Å². The highest BCUT2D eigenvalue weighted by molar-refractivity contribution is 7.85. The van der Waals surface area contributed by atoms with Crippen LogP contribution in [0.3, 0.4) is 0 Å². The minimum atomic E-state index is -0.852. The summed E-state index contributed by atoms with van der Waals surface area (Å²) in [4.78, 5) is 0. The SMILES string of the molecule is CCS(=O)C(C)c1ccc(F)cc1. The van der Waals surface area contributed by atoms with Crippen LogP contribution in [0.25, 0.3) is 0 Å². The van der Waals surface area contributed by atoms with Crippen LogP contribution in [0.2, 0.25) is 0 Å². The van der Waals surface area contributed by atoms with Gasteiger partial charge in [-0.25, -0.2) is 4.39 Å². The zero-order chi connectivity index (χ0) is 9.84. The van der Waals surface area contributed by atoms with E-state index in [9.17, 15) is 8.60 Å². The average Bonchev–Trinajstić information content (AvgIpc) is 2.17. The van der Waals surface area contributed by atoms with Crippen molar-refractivity contribution in [2.75, 3.05) is 5.75 Å². The Morgan fingerprint density at radius 1 is 1.38 bits per heavy atom. The summed E-state index contributed by atoms with van der Waals surface area (Å²) in [6.45, 7) is 3.78. The number of benzene rings is 1. The van der Waals surface area contributed by atoms with E-state index >= 15 is 0 Å². The smallest absolute Gasteiger partial charge is 0.123 e. The second-order valence-corrected chi connectivity index (χ2v) is 4.91. The van der Waals surface area contributed by atoms with Gasteiger partial charge in [-0.05, 0) is 24.6 Å². The summed E-state index contributed by atoms with van der Waals surface area (Å²) < 4.78 is 24.0. The number of hydrogen-bond acceptors (Lipinski definition) is 1. The zero-order valence-electron chi connectivity index (χ0n) is 7.79. The molecule has 0 aliphatic heterocycles. The standard InChI is InChI=1S/C10H13FOS/c1-3-13(12)8(2)9-4-6-10(11)7-5-9/h4-8H,3H2,1-2H3. The lowest BCUT2D eigenvalue weighted by molar-refractivity contribution is 0.626. The first-order chi connectivity index (χ1) is 6.15. The molecular formula is C10H13FOS. The summed E-state index contributed by atoms with van der Waals surface area (Å²) in [6, 6.07) is 6.18. The summed E-state index contributed by atoms with van der Waals surface area (Å²) in [5.41, 5.74) is 0.932. The van der Waals surface area contributed by atoms with Gasteiger partial charge in [-0.3, -0.25) is 4.21 Å². The van der Waals surface area contributed by atoms with Crippen LogP contribution in [-0.2, 0) is 10.8 Å². The molecule has 0 saturated heterocycles. The summed E-state index contributed by atoms with van der Waals surface area (Å²) in [6.07, 6.45) is 0. The largest absolute Gasteiger partial charge is 0.259 e. The lowest BCUT2D eigenvalue weighted by Gasteiger charge is -2.09.